The van der Waals surface area contributed by atoms with Gasteiger partial charge in [0.1, 0.15) is 0 Å². The molecule has 1 aliphatic heterocycles. The summed E-state index contributed by atoms with van der Waals surface area (Å²) in [5, 5.41) is 3.72. The molecule has 2 fully saturated rings. The van der Waals surface area contributed by atoms with Gasteiger partial charge in [0.15, 0.2) is 0 Å². The molecule has 2 atom stereocenters. The molecule has 98 valence electrons. The van der Waals surface area contributed by atoms with Gasteiger partial charge in [-0.1, -0.05) is 22.0 Å². The minimum absolute atomic E-state index is 0.605. The molecule has 18 heavy (non-hydrogen) atoms. The second kappa shape index (κ2) is 4.86. The highest BCUT2D eigenvalue weighted by Gasteiger charge is 2.38. The van der Waals surface area contributed by atoms with E-state index in [1.54, 1.807) is 0 Å². The van der Waals surface area contributed by atoms with Crippen LogP contribution in [0.1, 0.15) is 31.7 Å². The summed E-state index contributed by atoms with van der Waals surface area (Å²) in [5.74, 6) is 0. The second-order valence-electron chi connectivity index (χ2n) is 5.77. The Hall–Kier alpha value is -0.540. The largest absolute Gasteiger partial charge is 0.381 e. The Morgan fingerprint density at radius 3 is 2.83 bits per heavy atom. The SMILES string of the molecule is Cc1c(Br)cccc1NC1CC(C)N(C2CC2)C1. The maximum atomic E-state index is 3.72. The van der Waals surface area contributed by atoms with Crippen LogP contribution in [0.3, 0.4) is 0 Å². The Morgan fingerprint density at radius 1 is 1.33 bits per heavy atom. The number of likely N-dealkylation sites (tertiary alicyclic amines) is 1. The van der Waals surface area contributed by atoms with Crippen molar-refractivity contribution in [3.8, 4) is 0 Å². The Morgan fingerprint density at radius 2 is 2.11 bits per heavy atom. The standard InChI is InChI=1S/C15H21BrN2/c1-10-8-12(9-18(10)13-6-7-13)17-15-5-3-4-14(16)11(15)2/h3-5,10,12-13,17H,6-9H2,1-2H3. The molecule has 1 saturated carbocycles. The maximum Gasteiger partial charge on any atom is 0.0403 e. The number of anilines is 1. The van der Waals surface area contributed by atoms with Crippen LogP contribution < -0.4 is 5.32 Å². The van der Waals surface area contributed by atoms with Gasteiger partial charge in [0.2, 0.25) is 0 Å². The molecular weight excluding hydrogens is 288 g/mol. The first-order chi connectivity index (χ1) is 8.65. The molecular formula is C15H21BrN2. The first kappa shape index (κ1) is 12.5. The van der Waals surface area contributed by atoms with Crippen molar-refractivity contribution in [1.82, 2.24) is 4.90 Å². The minimum atomic E-state index is 0.605. The monoisotopic (exact) mass is 308 g/mol. The first-order valence-electron chi connectivity index (χ1n) is 6.92. The topological polar surface area (TPSA) is 15.3 Å². The molecule has 1 N–H and O–H groups in total. The lowest BCUT2D eigenvalue weighted by molar-refractivity contribution is 0.257. The van der Waals surface area contributed by atoms with Crippen molar-refractivity contribution in [1.29, 1.82) is 0 Å². The molecule has 0 bridgehead atoms. The van der Waals surface area contributed by atoms with E-state index >= 15 is 0 Å². The number of rotatable bonds is 3. The first-order valence-corrected chi connectivity index (χ1v) is 7.72. The maximum absolute atomic E-state index is 3.72. The Labute approximate surface area is 118 Å². The molecule has 2 unspecified atom stereocenters. The molecule has 0 amide bonds. The highest BCUT2D eigenvalue weighted by molar-refractivity contribution is 9.10. The van der Waals surface area contributed by atoms with E-state index in [0.29, 0.717) is 6.04 Å². The summed E-state index contributed by atoms with van der Waals surface area (Å²) >= 11 is 3.60. The Balaban J connectivity index is 1.68. The van der Waals surface area contributed by atoms with Crippen LogP contribution in [-0.4, -0.2) is 29.6 Å². The number of hydrogen-bond donors (Lipinski definition) is 1. The van der Waals surface area contributed by atoms with Crippen molar-refractivity contribution in [2.75, 3.05) is 11.9 Å². The van der Waals surface area contributed by atoms with Gasteiger partial charge in [0.25, 0.3) is 0 Å². The van der Waals surface area contributed by atoms with Crippen LogP contribution in [0.25, 0.3) is 0 Å². The number of nitrogens with one attached hydrogen (secondary N) is 1. The summed E-state index contributed by atoms with van der Waals surface area (Å²) in [4.78, 5) is 2.69. The van der Waals surface area contributed by atoms with Crippen molar-refractivity contribution in [2.45, 2.75) is 51.2 Å². The molecule has 1 saturated heterocycles. The van der Waals surface area contributed by atoms with E-state index < -0.39 is 0 Å². The van der Waals surface area contributed by atoms with Crippen LogP contribution in [0, 0.1) is 6.92 Å². The zero-order valence-electron chi connectivity index (χ0n) is 11.1. The van der Waals surface area contributed by atoms with E-state index in [-0.39, 0.29) is 0 Å². The van der Waals surface area contributed by atoms with Gasteiger partial charge in [-0.25, -0.2) is 0 Å². The van der Waals surface area contributed by atoms with Gasteiger partial charge in [-0.05, 0) is 50.8 Å². The van der Waals surface area contributed by atoms with Crippen LogP contribution in [0.4, 0.5) is 5.69 Å². The quantitative estimate of drug-likeness (QED) is 0.914. The van der Waals surface area contributed by atoms with E-state index in [1.165, 1.54) is 41.5 Å². The fourth-order valence-electron chi connectivity index (χ4n) is 3.06. The second-order valence-corrected chi connectivity index (χ2v) is 6.62. The van der Waals surface area contributed by atoms with Gasteiger partial charge in [-0.15, -0.1) is 0 Å². The molecule has 1 aliphatic carbocycles. The zero-order valence-corrected chi connectivity index (χ0v) is 12.7. The Bertz CT molecular complexity index is 442. The average Bonchev–Trinajstić information content (AvgIpc) is 3.10. The van der Waals surface area contributed by atoms with Crippen molar-refractivity contribution in [3.63, 3.8) is 0 Å². The molecule has 3 rings (SSSR count). The minimum Gasteiger partial charge on any atom is -0.381 e. The predicted octanol–water partition coefficient (Wildman–Crippen LogP) is 3.79. The van der Waals surface area contributed by atoms with Gasteiger partial charge in [-0.3, -0.25) is 4.90 Å². The third kappa shape index (κ3) is 2.43. The smallest absolute Gasteiger partial charge is 0.0403 e. The fourth-order valence-corrected chi connectivity index (χ4v) is 3.43. The summed E-state index contributed by atoms with van der Waals surface area (Å²) in [6.45, 7) is 5.75. The molecule has 0 spiro atoms. The third-order valence-corrected chi connectivity index (χ3v) is 5.13. The summed E-state index contributed by atoms with van der Waals surface area (Å²) in [5.41, 5.74) is 2.59. The highest BCUT2D eigenvalue weighted by Crippen LogP contribution is 2.34. The van der Waals surface area contributed by atoms with Crippen LogP contribution in [0.2, 0.25) is 0 Å². The van der Waals surface area contributed by atoms with Crippen molar-refractivity contribution in [3.05, 3.63) is 28.2 Å². The van der Waals surface area contributed by atoms with E-state index in [4.69, 9.17) is 0 Å². The summed E-state index contributed by atoms with van der Waals surface area (Å²) in [6.07, 6.45) is 4.09. The van der Waals surface area contributed by atoms with Gasteiger partial charge < -0.3 is 5.32 Å². The lowest BCUT2D eigenvalue weighted by Gasteiger charge is -2.20. The number of halogens is 1. The van der Waals surface area contributed by atoms with Gasteiger partial charge in [-0.2, -0.15) is 0 Å². The molecule has 2 nitrogen and oxygen atoms in total. The molecule has 1 heterocycles. The highest BCUT2D eigenvalue weighted by atomic mass is 79.9. The van der Waals surface area contributed by atoms with Gasteiger partial charge >= 0.3 is 0 Å². The molecule has 1 aromatic rings. The Kier molecular flexibility index (Phi) is 3.37. The van der Waals surface area contributed by atoms with Crippen LogP contribution >= 0.6 is 15.9 Å². The third-order valence-electron chi connectivity index (χ3n) is 4.27. The molecule has 1 aromatic carbocycles. The van der Waals surface area contributed by atoms with Gasteiger partial charge in [0.05, 0.1) is 0 Å². The number of nitrogens with zero attached hydrogens (tertiary/aromatic N) is 1. The van der Waals surface area contributed by atoms with E-state index in [0.717, 1.165) is 12.1 Å². The molecule has 0 aromatic heterocycles. The number of benzene rings is 1. The fraction of sp³-hybridized carbons (Fsp3) is 0.600. The van der Waals surface area contributed by atoms with Crippen molar-refractivity contribution < 1.29 is 0 Å². The molecule has 0 radical (unpaired) electrons. The van der Waals surface area contributed by atoms with E-state index in [9.17, 15) is 0 Å². The normalized spacial score (nSPS) is 28.6. The zero-order chi connectivity index (χ0) is 12.7. The lowest BCUT2D eigenvalue weighted by atomic mass is 10.1. The van der Waals surface area contributed by atoms with E-state index in [1.807, 2.05) is 0 Å². The predicted molar refractivity (Wildman–Crippen MR) is 80.1 cm³/mol. The summed E-state index contributed by atoms with van der Waals surface area (Å²) < 4.78 is 1.19. The number of hydrogen-bond acceptors (Lipinski definition) is 2. The average molecular weight is 309 g/mol. The van der Waals surface area contributed by atoms with Crippen LogP contribution in [-0.2, 0) is 0 Å². The lowest BCUT2D eigenvalue weighted by Crippen LogP contribution is -2.31. The van der Waals surface area contributed by atoms with Crippen LogP contribution in [0.15, 0.2) is 22.7 Å². The molecule has 2 aliphatic rings. The van der Waals surface area contributed by atoms with Crippen molar-refractivity contribution in [2.24, 2.45) is 0 Å². The summed E-state index contributed by atoms with van der Waals surface area (Å²) in [6, 6.07) is 8.63. The van der Waals surface area contributed by atoms with E-state index in [2.05, 4.69) is 58.2 Å². The molecule has 3 heteroatoms. The van der Waals surface area contributed by atoms with Gasteiger partial charge in [0, 0.05) is 34.8 Å². The summed E-state index contributed by atoms with van der Waals surface area (Å²) in [7, 11) is 0. The van der Waals surface area contributed by atoms with Crippen molar-refractivity contribution >= 4 is 21.6 Å². The van der Waals surface area contributed by atoms with Crippen LogP contribution in [0.5, 0.6) is 0 Å².